The van der Waals surface area contributed by atoms with Gasteiger partial charge in [0.15, 0.2) is 0 Å². The molecule has 28 heavy (non-hydrogen) atoms. The summed E-state index contributed by atoms with van der Waals surface area (Å²) in [6, 6.07) is 13.4. The van der Waals surface area contributed by atoms with E-state index >= 15 is 0 Å². The zero-order chi connectivity index (χ0) is 20.5. The molecule has 0 aliphatic rings. The Morgan fingerprint density at radius 2 is 1.79 bits per heavy atom. The van der Waals surface area contributed by atoms with Gasteiger partial charge in [0.25, 0.3) is 15.9 Å². The van der Waals surface area contributed by atoms with Crippen molar-refractivity contribution in [1.29, 1.82) is 0 Å². The van der Waals surface area contributed by atoms with E-state index < -0.39 is 10.0 Å². The Kier molecular flexibility index (Phi) is 5.62. The lowest BCUT2D eigenvalue weighted by atomic mass is 10.2. The first-order valence-corrected chi connectivity index (χ1v) is 11.0. The lowest BCUT2D eigenvalue weighted by Crippen LogP contribution is -2.29. The Bertz CT molecular complexity index is 1100. The molecule has 3 aromatic rings. The number of thiophene rings is 1. The van der Waals surface area contributed by atoms with Crippen LogP contribution in [0.1, 0.15) is 23.5 Å². The van der Waals surface area contributed by atoms with Crippen molar-refractivity contribution in [2.45, 2.75) is 24.8 Å². The van der Waals surface area contributed by atoms with E-state index in [9.17, 15) is 13.2 Å². The second kappa shape index (κ2) is 7.81. The van der Waals surface area contributed by atoms with Gasteiger partial charge in [-0.25, -0.2) is 8.42 Å². The molecule has 0 aliphatic carbocycles. The maximum absolute atomic E-state index is 12.9. The van der Waals surface area contributed by atoms with Gasteiger partial charge in [-0.2, -0.15) is 0 Å². The van der Waals surface area contributed by atoms with Gasteiger partial charge in [-0.1, -0.05) is 0 Å². The summed E-state index contributed by atoms with van der Waals surface area (Å²) in [5.74, 6) is 0.463. The maximum Gasteiger partial charge on any atom is 0.264 e. The Morgan fingerprint density at radius 3 is 2.39 bits per heavy atom. The van der Waals surface area contributed by atoms with E-state index in [1.165, 1.54) is 41.9 Å². The number of sulfonamides is 1. The minimum absolute atomic E-state index is 0.0500. The average Bonchev–Trinajstić information content (AvgIpc) is 3.10. The highest BCUT2D eigenvalue weighted by Crippen LogP contribution is 2.31. The quantitative estimate of drug-likeness (QED) is 0.659. The molecule has 2 aromatic carbocycles. The van der Waals surface area contributed by atoms with Crippen molar-refractivity contribution in [3.63, 3.8) is 0 Å². The number of ether oxygens (including phenoxy) is 1. The number of carbonyl (C=O) groups is 1. The number of amides is 1. The molecular formula is C20H22N2O4S2. The van der Waals surface area contributed by atoms with Gasteiger partial charge in [0.2, 0.25) is 0 Å². The van der Waals surface area contributed by atoms with Crippen LogP contribution in [-0.4, -0.2) is 34.5 Å². The van der Waals surface area contributed by atoms with Gasteiger partial charge in [-0.05, 0) is 67.8 Å². The minimum Gasteiger partial charge on any atom is -0.497 e. The summed E-state index contributed by atoms with van der Waals surface area (Å²) in [4.78, 5) is 13.0. The molecule has 1 N–H and O–H groups in total. The van der Waals surface area contributed by atoms with E-state index in [4.69, 9.17) is 4.74 Å². The third-order valence-electron chi connectivity index (χ3n) is 4.22. The highest BCUT2D eigenvalue weighted by atomic mass is 32.2. The maximum atomic E-state index is 12.9. The smallest absolute Gasteiger partial charge is 0.264 e. The van der Waals surface area contributed by atoms with E-state index in [-0.39, 0.29) is 16.8 Å². The van der Waals surface area contributed by atoms with Crippen LogP contribution in [0.25, 0.3) is 10.1 Å². The van der Waals surface area contributed by atoms with Gasteiger partial charge in [-0.3, -0.25) is 9.10 Å². The fourth-order valence-electron chi connectivity index (χ4n) is 2.72. The number of hydrogen-bond acceptors (Lipinski definition) is 5. The molecule has 0 radical (unpaired) electrons. The third-order valence-corrected chi connectivity index (χ3v) is 7.14. The second-order valence-electron chi connectivity index (χ2n) is 6.61. The largest absolute Gasteiger partial charge is 0.497 e. The van der Waals surface area contributed by atoms with Gasteiger partial charge in [0.1, 0.15) is 5.75 Å². The number of anilines is 1. The van der Waals surface area contributed by atoms with Gasteiger partial charge in [0, 0.05) is 17.8 Å². The summed E-state index contributed by atoms with van der Waals surface area (Å²) in [6.07, 6.45) is 0. The van der Waals surface area contributed by atoms with Crippen LogP contribution in [0.5, 0.6) is 5.75 Å². The Hall–Kier alpha value is -2.58. The van der Waals surface area contributed by atoms with E-state index in [0.29, 0.717) is 16.3 Å². The van der Waals surface area contributed by atoms with Crippen LogP contribution < -0.4 is 14.4 Å². The SMILES string of the molecule is COc1ccc(S(=O)(=O)N(C)c2ccc3sc(C(=O)NC(C)C)cc3c2)cc1. The number of fused-ring (bicyclic) bond motifs is 1. The lowest BCUT2D eigenvalue weighted by Gasteiger charge is -2.19. The van der Waals surface area contributed by atoms with Crippen molar-refractivity contribution in [2.24, 2.45) is 0 Å². The molecule has 1 heterocycles. The van der Waals surface area contributed by atoms with Crippen molar-refractivity contribution in [3.05, 3.63) is 53.4 Å². The van der Waals surface area contributed by atoms with Crippen molar-refractivity contribution in [2.75, 3.05) is 18.5 Å². The topological polar surface area (TPSA) is 75.7 Å². The predicted molar refractivity (Wildman–Crippen MR) is 113 cm³/mol. The van der Waals surface area contributed by atoms with Crippen molar-refractivity contribution in [3.8, 4) is 5.75 Å². The average molecular weight is 419 g/mol. The fraction of sp³-hybridized carbons (Fsp3) is 0.250. The van der Waals surface area contributed by atoms with E-state index in [0.717, 1.165) is 10.1 Å². The molecule has 1 amide bonds. The predicted octanol–water partition coefficient (Wildman–Crippen LogP) is 3.87. The van der Waals surface area contributed by atoms with Crippen molar-refractivity contribution < 1.29 is 17.9 Å². The number of nitrogens with one attached hydrogen (secondary N) is 1. The summed E-state index contributed by atoms with van der Waals surface area (Å²) in [5.41, 5.74) is 0.525. The molecule has 8 heteroatoms. The van der Waals surface area contributed by atoms with Gasteiger partial charge < -0.3 is 10.1 Å². The van der Waals surface area contributed by atoms with Crippen LogP contribution in [-0.2, 0) is 10.0 Å². The molecule has 0 fully saturated rings. The summed E-state index contributed by atoms with van der Waals surface area (Å²) in [7, 11) is -0.667. The third kappa shape index (κ3) is 3.98. The van der Waals surface area contributed by atoms with Crippen molar-refractivity contribution >= 4 is 43.0 Å². The number of benzene rings is 2. The Labute approximate surface area is 168 Å². The first-order chi connectivity index (χ1) is 13.2. The van der Waals surface area contributed by atoms with Crippen LogP contribution in [0.3, 0.4) is 0 Å². The van der Waals surface area contributed by atoms with Gasteiger partial charge in [-0.15, -0.1) is 11.3 Å². The number of hydrogen-bond donors (Lipinski definition) is 1. The molecule has 0 atom stereocenters. The van der Waals surface area contributed by atoms with E-state index in [1.807, 2.05) is 19.9 Å². The first kappa shape index (κ1) is 20.2. The van der Waals surface area contributed by atoms with Crippen LogP contribution >= 0.6 is 11.3 Å². The van der Waals surface area contributed by atoms with Gasteiger partial charge >= 0.3 is 0 Å². The standard InChI is InChI=1S/C20H22N2O4S2/c1-13(2)21-20(23)19-12-14-11-15(5-10-18(14)27-19)22(3)28(24,25)17-8-6-16(26-4)7-9-17/h5-13H,1-4H3,(H,21,23). The molecule has 1 aromatic heterocycles. The fourth-order valence-corrected chi connectivity index (χ4v) is 4.85. The highest BCUT2D eigenvalue weighted by molar-refractivity contribution is 7.92. The van der Waals surface area contributed by atoms with Crippen LogP contribution in [0.4, 0.5) is 5.69 Å². The van der Waals surface area contributed by atoms with E-state index in [1.54, 1.807) is 30.3 Å². The molecular weight excluding hydrogens is 396 g/mol. The summed E-state index contributed by atoms with van der Waals surface area (Å²) in [6.45, 7) is 3.81. The molecule has 148 valence electrons. The van der Waals surface area contributed by atoms with Crippen LogP contribution in [0.15, 0.2) is 53.4 Å². The summed E-state index contributed by atoms with van der Waals surface area (Å²) >= 11 is 1.38. The molecule has 0 bridgehead atoms. The minimum atomic E-state index is -3.71. The highest BCUT2D eigenvalue weighted by Gasteiger charge is 2.22. The number of nitrogens with zero attached hydrogens (tertiary/aromatic N) is 1. The van der Waals surface area contributed by atoms with Crippen molar-refractivity contribution in [1.82, 2.24) is 5.32 Å². The summed E-state index contributed by atoms with van der Waals surface area (Å²) < 4.78 is 33.1. The monoisotopic (exact) mass is 418 g/mol. The number of carbonyl (C=O) groups excluding carboxylic acids is 1. The van der Waals surface area contributed by atoms with E-state index in [2.05, 4.69) is 5.32 Å². The molecule has 0 unspecified atom stereocenters. The molecule has 0 aliphatic heterocycles. The number of methoxy groups -OCH3 is 1. The molecule has 6 nitrogen and oxygen atoms in total. The zero-order valence-electron chi connectivity index (χ0n) is 16.1. The van der Waals surface area contributed by atoms with Crippen LogP contribution in [0.2, 0.25) is 0 Å². The number of rotatable bonds is 6. The second-order valence-corrected chi connectivity index (χ2v) is 9.66. The van der Waals surface area contributed by atoms with Crippen LogP contribution in [0, 0.1) is 0 Å². The van der Waals surface area contributed by atoms with Gasteiger partial charge in [0.05, 0.1) is 22.6 Å². The molecule has 0 saturated heterocycles. The molecule has 0 saturated carbocycles. The summed E-state index contributed by atoms with van der Waals surface area (Å²) in [5, 5.41) is 3.69. The molecule has 3 rings (SSSR count). The lowest BCUT2D eigenvalue weighted by molar-refractivity contribution is 0.0947. The zero-order valence-corrected chi connectivity index (χ0v) is 17.7. The Morgan fingerprint density at radius 1 is 1.11 bits per heavy atom. The molecule has 0 spiro atoms. The normalized spacial score (nSPS) is 11.6. The first-order valence-electron chi connectivity index (χ1n) is 8.70. The Balaban J connectivity index is 1.92.